The summed E-state index contributed by atoms with van der Waals surface area (Å²) >= 11 is 0. The van der Waals surface area contributed by atoms with Gasteiger partial charge in [-0.25, -0.2) is 23.2 Å². The van der Waals surface area contributed by atoms with Crippen molar-refractivity contribution in [1.82, 2.24) is 24.2 Å². The molecule has 1 saturated heterocycles. The Bertz CT molecular complexity index is 1190. The standard InChI is InChI=1S/C19H21N5O5S/c1-30(27,28)24(15-4-6-20-10-15)11-14-9-18(22-12-21-14)29-16-2-3-17-13(8-16)5-7-23(17)19(25)26/h2-3,5,7-9,12,15,20H,4,6,10-11H2,1H3,(H,25,26). The summed E-state index contributed by atoms with van der Waals surface area (Å²) in [6.07, 6.45) is 3.68. The highest BCUT2D eigenvalue weighted by molar-refractivity contribution is 7.88. The van der Waals surface area contributed by atoms with Crippen LogP contribution in [0.3, 0.4) is 0 Å². The number of sulfonamides is 1. The number of carbonyl (C=O) groups is 1. The first-order chi connectivity index (χ1) is 14.3. The van der Waals surface area contributed by atoms with Gasteiger partial charge in [0.2, 0.25) is 15.9 Å². The van der Waals surface area contributed by atoms with Crippen molar-refractivity contribution in [3.05, 3.63) is 48.5 Å². The molecule has 10 nitrogen and oxygen atoms in total. The molecule has 1 fully saturated rings. The molecule has 0 spiro atoms. The fourth-order valence-corrected chi connectivity index (χ4v) is 4.64. The minimum atomic E-state index is -3.41. The number of carboxylic acid groups (broad SMARTS) is 1. The van der Waals surface area contributed by atoms with Gasteiger partial charge in [-0.1, -0.05) is 0 Å². The summed E-state index contributed by atoms with van der Waals surface area (Å²) in [5, 5.41) is 13.1. The summed E-state index contributed by atoms with van der Waals surface area (Å²) in [5.41, 5.74) is 1.07. The SMILES string of the molecule is CS(=O)(=O)N(Cc1cc(Oc2ccc3c(ccn3C(=O)O)c2)ncn1)C1CCNC1. The van der Waals surface area contributed by atoms with Gasteiger partial charge in [-0.3, -0.25) is 4.57 Å². The van der Waals surface area contributed by atoms with Crippen LogP contribution >= 0.6 is 0 Å². The number of fused-ring (bicyclic) bond motifs is 1. The molecule has 1 aliphatic rings. The van der Waals surface area contributed by atoms with Gasteiger partial charge >= 0.3 is 6.09 Å². The molecule has 158 valence electrons. The average Bonchev–Trinajstić information content (AvgIpc) is 3.35. The summed E-state index contributed by atoms with van der Waals surface area (Å²) in [6.45, 7) is 1.52. The van der Waals surface area contributed by atoms with E-state index in [9.17, 15) is 18.3 Å². The average molecular weight is 431 g/mol. The Morgan fingerprint density at radius 3 is 2.87 bits per heavy atom. The minimum absolute atomic E-state index is 0.111. The predicted octanol–water partition coefficient (Wildman–Crippen LogP) is 1.87. The van der Waals surface area contributed by atoms with Crippen molar-refractivity contribution < 1.29 is 23.1 Å². The lowest BCUT2D eigenvalue weighted by atomic mass is 10.2. The summed E-state index contributed by atoms with van der Waals surface area (Å²) in [7, 11) is -3.41. The van der Waals surface area contributed by atoms with Crippen molar-refractivity contribution in [3.8, 4) is 11.6 Å². The third kappa shape index (κ3) is 4.27. The highest BCUT2D eigenvalue weighted by atomic mass is 32.2. The smallest absolute Gasteiger partial charge is 0.415 e. The maximum absolute atomic E-state index is 12.3. The van der Waals surface area contributed by atoms with Gasteiger partial charge in [0.05, 0.1) is 24.0 Å². The van der Waals surface area contributed by atoms with Gasteiger partial charge in [-0.05, 0) is 37.2 Å². The van der Waals surface area contributed by atoms with Gasteiger partial charge in [0.25, 0.3) is 0 Å². The van der Waals surface area contributed by atoms with E-state index in [4.69, 9.17) is 4.74 Å². The second kappa shape index (κ2) is 8.01. The van der Waals surface area contributed by atoms with Crippen molar-refractivity contribution in [2.75, 3.05) is 19.3 Å². The van der Waals surface area contributed by atoms with E-state index in [0.717, 1.165) is 17.5 Å². The second-order valence-electron chi connectivity index (χ2n) is 7.09. The van der Waals surface area contributed by atoms with Gasteiger partial charge < -0.3 is 15.2 Å². The van der Waals surface area contributed by atoms with E-state index in [1.165, 1.54) is 23.1 Å². The first-order valence-corrected chi connectivity index (χ1v) is 11.2. The van der Waals surface area contributed by atoms with Crippen molar-refractivity contribution in [2.24, 2.45) is 0 Å². The van der Waals surface area contributed by atoms with Crippen LogP contribution in [0.15, 0.2) is 42.9 Å². The number of hydrogen-bond acceptors (Lipinski definition) is 7. The number of nitrogens with zero attached hydrogens (tertiary/aromatic N) is 4. The zero-order valence-electron chi connectivity index (χ0n) is 16.2. The normalized spacial score (nSPS) is 16.9. The van der Waals surface area contributed by atoms with E-state index in [-0.39, 0.29) is 18.5 Å². The number of benzene rings is 1. The van der Waals surface area contributed by atoms with Crippen LogP contribution in [0.2, 0.25) is 0 Å². The summed E-state index contributed by atoms with van der Waals surface area (Å²) < 4.78 is 32.9. The van der Waals surface area contributed by atoms with Crippen molar-refractivity contribution in [1.29, 1.82) is 0 Å². The van der Waals surface area contributed by atoms with Gasteiger partial charge in [0.1, 0.15) is 12.1 Å². The van der Waals surface area contributed by atoms with Crippen LogP contribution in [-0.4, -0.2) is 63.8 Å². The van der Waals surface area contributed by atoms with Crippen molar-refractivity contribution >= 4 is 27.0 Å². The maximum Gasteiger partial charge on any atom is 0.415 e. The maximum atomic E-state index is 12.3. The predicted molar refractivity (Wildman–Crippen MR) is 109 cm³/mol. The first kappa shape index (κ1) is 20.3. The monoisotopic (exact) mass is 431 g/mol. The van der Waals surface area contributed by atoms with Crippen molar-refractivity contribution in [2.45, 2.75) is 19.0 Å². The largest absolute Gasteiger partial charge is 0.464 e. The topological polar surface area (TPSA) is 127 Å². The van der Waals surface area contributed by atoms with E-state index >= 15 is 0 Å². The Balaban J connectivity index is 1.54. The van der Waals surface area contributed by atoms with Crippen LogP contribution in [0, 0.1) is 0 Å². The van der Waals surface area contributed by atoms with E-state index in [2.05, 4.69) is 15.3 Å². The number of ether oxygens (including phenoxy) is 1. The Morgan fingerprint density at radius 1 is 1.33 bits per heavy atom. The van der Waals surface area contributed by atoms with Gasteiger partial charge in [-0.2, -0.15) is 4.31 Å². The highest BCUT2D eigenvalue weighted by Gasteiger charge is 2.29. The molecule has 1 unspecified atom stereocenters. The molecule has 0 bridgehead atoms. The Morgan fingerprint density at radius 2 is 2.17 bits per heavy atom. The quantitative estimate of drug-likeness (QED) is 0.606. The van der Waals surface area contributed by atoms with Crippen LogP contribution in [-0.2, 0) is 16.6 Å². The number of aromatic nitrogens is 3. The van der Waals surface area contributed by atoms with Crippen LogP contribution in [0.1, 0.15) is 12.1 Å². The van der Waals surface area contributed by atoms with Crippen LogP contribution in [0.25, 0.3) is 10.9 Å². The highest BCUT2D eigenvalue weighted by Crippen LogP contribution is 2.26. The minimum Gasteiger partial charge on any atom is -0.464 e. The molecule has 1 aromatic carbocycles. The molecule has 0 saturated carbocycles. The van der Waals surface area contributed by atoms with Crippen LogP contribution in [0.4, 0.5) is 4.79 Å². The molecule has 2 N–H and O–H groups in total. The van der Waals surface area contributed by atoms with Crippen LogP contribution < -0.4 is 10.1 Å². The molecule has 1 aliphatic heterocycles. The molecule has 0 aliphatic carbocycles. The fraction of sp³-hybridized carbons (Fsp3) is 0.316. The lowest BCUT2D eigenvalue weighted by Gasteiger charge is -2.25. The van der Waals surface area contributed by atoms with E-state index in [1.54, 1.807) is 30.3 Å². The summed E-state index contributed by atoms with van der Waals surface area (Å²) in [4.78, 5) is 19.5. The number of nitrogens with one attached hydrogen (secondary N) is 1. The third-order valence-electron chi connectivity index (χ3n) is 4.97. The lowest BCUT2D eigenvalue weighted by Crippen LogP contribution is -2.40. The fourth-order valence-electron chi connectivity index (χ4n) is 3.55. The zero-order chi connectivity index (χ0) is 21.3. The number of hydrogen-bond donors (Lipinski definition) is 2. The van der Waals surface area contributed by atoms with Gasteiger partial charge in [0.15, 0.2) is 0 Å². The lowest BCUT2D eigenvalue weighted by molar-refractivity contribution is 0.197. The Labute approximate surface area is 173 Å². The van der Waals surface area contributed by atoms with Crippen LogP contribution in [0.5, 0.6) is 11.6 Å². The molecule has 4 rings (SSSR count). The molecule has 30 heavy (non-hydrogen) atoms. The molecular formula is C19H21N5O5S. The molecule has 0 radical (unpaired) electrons. The van der Waals surface area contributed by atoms with E-state index < -0.39 is 16.1 Å². The Kier molecular flexibility index (Phi) is 5.41. The third-order valence-corrected chi connectivity index (χ3v) is 6.25. The molecule has 11 heteroatoms. The van der Waals surface area contributed by atoms with Crippen molar-refractivity contribution in [3.63, 3.8) is 0 Å². The zero-order valence-corrected chi connectivity index (χ0v) is 17.0. The summed E-state index contributed by atoms with van der Waals surface area (Å²) in [6, 6.07) is 8.19. The molecule has 2 aromatic heterocycles. The Hall–Kier alpha value is -3.02. The first-order valence-electron chi connectivity index (χ1n) is 9.32. The van der Waals surface area contributed by atoms with E-state index in [1.807, 2.05) is 0 Å². The number of rotatable bonds is 6. The molecular weight excluding hydrogens is 410 g/mol. The molecule has 0 amide bonds. The van der Waals surface area contributed by atoms with Gasteiger partial charge in [-0.15, -0.1) is 0 Å². The molecule has 1 atom stereocenters. The van der Waals surface area contributed by atoms with E-state index in [0.29, 0.717) is 28.9 Å². The second-order valence-corrected chi connectivity index (χ2v) is 9.03. The molecule has 3 aromatic rings. The summed E-state index contributed by atoms with van der Waals surface area (Å²) in [5.74, 6) is 0.755. The van der Waals surface area contributed by atoms with Gasteiger partial charge in [0, 0.05) is 30.2 Å². The molecule has 3 heterocycles.